The van der Waals surface area contributed by atoms with E-state index in [1.54, 1.807) is 4.68 Å². The van der Waals surface area contributed by atoms with Crippen LogP contribution in [0.15, 0.2) is 66.9 Å². The number of hydrogen-bond donors (Lipinski definition) is 1. The van der Waals surface area contributed by atoms with Gasteiger partial charge in [-0.2, -0.15) is 5.10 Å². The van der Waals surface area contributed by atoms with Crippen molar-refractivity contribution in [2.75, 3.05) is 5.32 Å². The molecule has 2 aromatic carbocycles. The zero-order chi connectivity index (χ0) is 17.6. The van der Waals surface area contributed by atoms with Crippen molar-refractivity contribution in [2.45, 2.75) is 20.0 Å². The van der Waals surface area contributed by atoms with Crippen molar-refractivity contribution in [3.05, 3.63) is 83.6 Å². The van der Waals surface area contributed by atoms with Gasteiger partial charge in [0.15, 0.2) is 10.9 Å². The fourth-order valence-electron chi connectivity index (χ4n) is 2.72. The standard InChI is InChI=1S/C20H22N4S/c1-16-13-23(2)22-19(16)21-20(25)24(14-17-9-5-3-6-10-17)15-18-11-7-4-8-12-18/h3-13H,14-15H2,1-2H3,(H,21,22,25). The number of benzene rings is 2. The number of aromatic nitrogens is 2. The minimum absolute atomic E-state index is 0.675. The maximum absolute atomic E-state index is 5.69. The first kappa shape index (κ1) is 17.2. The Labute approximate surface area is 154 Å². The second-order valence-electron chi connectivity index (χ2n) is 6.09. The van der Waals surface area contributed by atoms with Crippen LogP contribution < -0.4 is 5.32 Å². The van der Waals surface area contributed by atoms with Gasteiger partial charge < -0.3 is 10.2 Å². The van der Waals surface area contributed by atoms with Gasteiger partial charge in [0.25, 0.3) is 0 Å². The molecule has 1 N–H and O–H groups in total. The Balaban J connectivity index is 1.79. The molecule has 0 amide bonds. The number of anilines is 1. The van der Waals surface area contributed by atoms with E-state index in [4.69, 9.17) is 12.2 Å². The summed E-state index contributed by atoms with van der Waals surface area (Å²) in [7, 11) is 1.91. The molecule has 0 aliphatic rings. The van der Waals surface area contributed by atoms with Gasteiger partial charge in [0, 0.05) is 31.9 Å². The molecular weight excluding hydrogens is 328 g/mol. The van der Waals surface area contributed by atoms with Crippen LogP contribution in [0.3, 0.4) is 0 Å². The summed E-state index contributed by atoms with van der Waals surface area (Å²) >= 11 is 5.69. The second-order valence-corrected chi connectivity index (χ2v) is 6.48. The lowest BCUT2D eigenvalue weighted by atomic mass is 10.2. The molecule has 3 rings (SSSR count). The van der Waals surface area contributed by atoms with Gasteiger partial charge in [0.1, 0.15) is 0 Å². The summed E-state index contributed by atoms with van der Waals surface area (Å²) in [5.74, 6) is 0.804. The predicted octanol–water partition coefficient (Wildman–Crippen LogP) is 4.13. The molecule has 0 aliphatic carbocycles. The molecule has 0 spiro atoms. The van der Waals surface area contributed by atoms with Crippen LogP contribution in [0.1, 0.15) is 16.7 Å². The van der Waals surface area contributed by atoms with Gasteiger partial charge in [-0.3, -0.25) is 4.68 Å². The molecule has 0 fully saturated rings. The number of nitrogens with one attached hydrogen (secondary N) is 1. The Kier molecular flexibility index (Phi) is 5.46. The average Bonchev–Trinajstić information content (AvgIpc) is 2.93. The van der Waals surface area contributed by atoms with E-state index in [9.17, 15) is 0 Å². The third-order valence-electron chi connectivity index (χ3n) is 3.96. The summed E-state index contributed by atoms with van der Waals surface area (Å²) < 4.78 is 1.79. The van der Waals surface area contributed by atoms with Crippen LogP contribution >= 0.6 is 12.2 Å². The van der Waals surface area contributed by atoms with E-state index in [2.05, 4.69) is 63.8 Å². The van der Waals surface area contributed by atoms with Gasteiger partial charge in [-0.05, 0) is 30.3 Å². The van der Waals surface area contributed by atoms with E-state index in [1.807, 2.05) is 32.3 Å². The van der Waals surface area contributed by atoms with E-state index in [-0.39, 0.29) is 0 Å². The van der Waals surface area contributed by atoms with Crippen LogP contribution in [-0.4, -0.2) is 19.8 Å². The third kappa shape index (κ3) is 4.67. The largest absolute Gasteiger partial charge is 0.340 e. The molecule has 0 aliphatic heterocycles. The predicted molar refractivity (Wildman–Crippen MR) is 106 cm³/mol. The van der Waals surface area contributed by atoms with Crippen LogP contribution in [0, 0.1) is 6.92 Å². The Morgan fingerprint density at radius 1 is 1.00 bits per heavy atom. The van der Waals surface area contributed by atoms with Gasteiger partial charge in [-0.25, -0.2) is 0 Å². The molecule has 0 saturated heterocycles. The Bertz CT molecular complexity index is 786. The summed E-state index contributed by atoms with van der Waals surface area (Å²) in [5.41, 5.74) is 3.52. The molecule has 0 radical (unpaired) electrons. The smallest absolute Gasteiger partial charge is 0.175 e. The molecular formula is C20H22N4S. The van der Waals surface area contributed by atoms with E-state index < -0.39 is 0 Å². The molecule has 4 nitrogen and oxygen atoms in total. The molecule has 3 aromatic rings. The van der Waals surface area contributed by atoms with Gasteiger partial charge >= 0.3 is 0 Å². The van der Waals surface area contributed by atoms with Crippen molar-refractivity contribution >= 4 is 23.1 Å². The van der Waals surface area contributed by atoms with Crippen LogP contribution in [0.2, 0.25) is 0 Å². The van der Waals surface area contributed by atoms with Crippen LogP contribution in [0.5, 0.6) is 0 Å². The Hall–Kier alpha value is -2.66. The van der Waals surface area contributed by atoms with Crippen molar-refractivity contribution in [1.29, 1.82) is 0 Å². The first-order valence-corrected chi connectivity index (χ1v) is 8.66. The fraction of sp³-hybridized carbons (Fsp3) is 0.200. The lowest BCUT2D eigenvalue weighted by Crippen LogP contribution is -2.34. The zero-order valence-corrected chi connectivity index (χ0v) is 15.3. The zero-order valence-electron chi connectivity index (χ0n) is 14.5. The Morgan fingerprint density at radius 3 is 1.96 bits per heavy atom. The van der Waals surface area contributed by atoms with Crippen molar-refractivity contribution in [2.24, 2.45) is 7.05 Å². The van der Waals surface area contributed by atoms with Crippen molar-refractivity contribution in [3.63, 3.8) is 0 Å². The van der Waals surface area contributed by atoms with Crippen molar-refractivity contribution < 1.29 is 0 Å². The number of thiocarbonyl (C=S) groups is 1. The molecule has 0 bridgehead atoms. The lowest BCUT2D eigenvalue weighted by Gasteiger charge is -2.26. The normalized spacial score (nSPS) is 10.5. The first-order chi connectivity index (χ1) is 12.1. The number of hydrogen-bond acceptors (Lipinski definition) is 2. The number of aryl methyl sites for hydroxylation is 2. The van der Waals surface area contributed by atoms with Crippen LogP contribution in [0.25, 0.3) is 0 Å². The third-order valence-corrected chi connectivity index (χ3v) is 4.32. The topological polar surface area (TPSA) is 33.1 Å². The molecule has 25 heavy (non-hydrogen) atoms. The van der Waals surface area contributed by atoms with Crippen LogP contribution in [-0.2, 0) is 20.1 Å². The minimum atomic E-state index is 0.675. The molecule has 0 atom stereocenters. The van der Waals surface area contributed by atoms with Gasteiger partial charge in [-0.1, -0.05) is 60.7 Å². The van der Waals surface area contributed by atoms with Crippen molar-refractivity contribution in [1.82, 2.24) is 14.7 Å². The molecule has 128 valence electrons. The number of rotatable bonds is 5. The number of nitrogens with zero attached hydrogens (tertiary/aromatic N) is 3. The van der Waals surface area contributed by atoms with Crippen LogP contribution in [0.4, 0.5) is 5.82 Å². The van der Waals surface area contributed by atoms with E-state index in [1.165, 1.54) is 11.1 Å². The molecule has 0 unspecified atom stereocenters. The average molecular weight is 350 g/mol. The van der Waals surface area contributed by atoms with Gasteiger partial charge in [-0.15, -0.1) is 0 Å². The molecule has 5 heteroatoms. The highest BCUT2D eigenvalue weighted by Gasteiger charge is 2.14. The monoisotopic (exact) mass is 350 g/mol. The molecule has 1 aromatic heterocycles. The lowest BCUT2D eigenvalue weighted by molar-refractivity contribution is 0.412. The first-order valence-electron chi connectivity index (χ1n) is 8.26. The quantitative estimate of drug-likeness (QED) is 0.702. The minimum Gasteiger partial charge on any atom is -0.340 e. The summed E-state index contributed by atoms with van der Waals surface area (Å²) in [6, 6.07) is 20.7. The highest BCUT2D eigenvalue weighted by atomic mass is 32.1. The highest BCUT2D eigenvalue weighted by Crippen LogP contribution is 2.15. The van der Waals surface area contributed by atoms with Gasteiger partial charge in [0.2, 0.25) is 0 Å². The highest BCUT2D eigenvalue weighted by molar-refractivity contribution is 7.80. The fourth-order valence-corrected chi connectivity index (χ4v) is 2.94. The molecule has 0 saturated carbocycles. The van der Waals surface area contributed by atoms with E-state index in [0.717, 1.165) is 24.5 Å². The summed E-state index contributed by atoms with van der Waals surface area (Å²) in [4.78, 5) is 2.16. The van der Waals surface area contributed by atoms with Gasteiger partial charge in [0.05, 0.1) is 0 Å². The van der Waals surface area contributed by atoms with E-state index in [0.29, 0.717) is 5.11 Å². The van der Waals surface area contributed by atoms with E-state index >= 15 is 0 Å². The Morgan fingerprint density at radius 2 is 1.52 bits per heavy atom. The molecule has 1 heterocycles. The maximum Gasteiger partial charge on any atom is 0.175 e. The SMILES string of the molecule is Cc1cn(C)nc1NC(=S)N(Cc1ccccc1)Cc1ccccc1. The van der Waals surface area contributed by atoms with Crippen molar-refractivity contribution in [3.8, 4) is 0 Å². The summed E-state index contributed by atoms with van der Waals surface area (Å²) in [6.45, 7) is 3.51. The summed E-state index contributed by atoms with van der Waals surface area (Å²) in [5, 5.41) is 8.41. The second kappa shape index (κ2) is 7.94. The maximum atomic E-state index is 5.69. The summed E-state index contributed by atoms with van der Waals surface area (Å²) in [6.07, 6.45) is 1.98.